The number of rotatable bonds is 8. The van der Waals surface area contributed by atoms with Crippen molar-refractivity contribution in [3.8, 4) is 17.0 Å². The molecule has 4 rings (SSSR count). The van der Waals surface area contributed by atoms with Crippen molar-refractivity contribution in [2.24, 2.45) is 0 Å². The molecule has 4 aromatic rings. The van der Waals surface area contributed by atoms with Gasteiger partial charge in [0.05, 0.1) is 18.1 Å². The lowest BCUT2D eigenvalue weighted by atomic mass is 10.1. The topological polar surface area (TPSA) is 78.6 Å². The summed E-state index contributed by atoms with van der Waals surface area (Å²) < 4.78 is 12.5. The van der Waals surface area contributed by atoms with Gasteiger partial charge < -0.3 is 9.47 Å². The molecule has 0 fully saturated rings. The number of thioether (sulfide) groups is 1. The fourth-order valence-corrected chi connectivity index (χ4v) is 3.46. The summed E-state index contributed by atoms with van der Waals surface area (Å²) in [6.07, 6.45) is 1.69. The number of carbonyl (C=O) groups is 1. The van der Waals surface area contributed by atoms with E-state index in [2.05, 4.69) is 15.1 Å². The van der Waals surface area contributed by atoms with Crippen molar-refractivity contribution in [3.63, 3.8) is 0 Å². The van der Waals surface area contributed by atoms with Gasteiger partial charge in [0, 0.05) is 11.8 Å². The molecule has 0 atom stereocenters. The Balaban J connectivity index is 1.49. The molecule has 0 aliphatic carbocycles. The van der Waals surface area contributed by atoms with Gasteiger partial charge in [0.25, 0.3) is 5.78 Å². The predicted octanol–water partition coefficient (Wildman–Crippen LogP) is 4.03. The first kappa shape index (κ1) is 19.9. The number of carbonyl (C=O) groups excluding carboxylic acids is 1. The average Bonchev–Trinajstić information content (AvgIpc) is 3.21. The predicted molar refractivity (Wildman–Crippen MR) is 114 cm³/mol. The van der Waals surface area contributed by atoms with E-state index in [0.717, 1.165) is 22.6 Å². The molecule has 0 spiro atoms. The van der Waals surface area contributed by atoms with E-state index in [-0.39, 0.29) is 11.7 Å². The molecule has 0 aliphatic heterocycles. The van der Waals surface area contributed by atoms with Gasteiger partial charge in [-0.25, -0.2) is 4.98 Å². The number of nitrogens with zero attached hydrogens (tertiary/aromatic N) is 4. The third-order valence-corrected chi connectivity index (χ3v) is 5.06. The van der Waals surface area contributed by atoms with Crippen LogP contribution in [0, 0.1) is 0 Å². The highest BCUT2D eigenvalue weighted by atomic mass is 32.2. The van der Waals surface area contributed by atoms with Gasteiger partial charge in [-0.2, -0.15) is 9.50 Å². The van der Waals surface area contributed by atoms with Crippen molar-refractivity contribution in [1.29, 1.82) is 0 Å². The first-order chi connectivity index (χ1) is 14.7. The minimum atomic E-state index is -0.291. The molecule has 0 bridgehead atoms. The molecule has 30 heavy (non-hydrogen) atoms. The number of hydrogen-bond donors (Lipinski definition) is 0. The van der Waals surface area contributed by atoms with Gasteiger partial charge in [-0.1, -0.05) is 42.1 Å². The molecule has 0 saturated heterocycles. The summed E-state index contributed by atoms with van der Waals surface area (Å²) in [5.74, 6) is 1.13. The molecule has 8 heteroatoms. The van der Waals surface area contributed by atoms with E-state index in [9.17, 15) is 4.79 Å². The Labute approximate surface area is 178 Å². The molecule has 2 aromatic heterocycles. The van der Waals surface area contributed by atoms with Crippen molar-refractivity contribution in [2.75, 3.05) is 12.4 Å². The number of aromatic nitrogens is 4. The number of esters is 1. The number of fused-ring (bicyclic) bond motifs is 1. The monoisotopic (exact) mass is 420 g/mol. The fourth-order valence-electron chi connectivity index (χ4n) is 2.84. The van der Waals surface area contributed by atoms with Gasteiger partial charge in [-0.3, -0.25) is 4.79 Å². The zero-order chi connectivity index (χ0) is 20.8. The van der Waals surface area contributed by atoms with Gasteiger partial charge in [-0.15, -0.1) is 5.10 Å². The third-order valence-electron chi connectivity index (χ3n) is 4.24. The van der Waals surface area contributed by atoms with E-state index in [1.807, 2.05) is 60.7 Å². The summed E-state index contributed by atoms with van der Waals surface area (Å²) >= 11 is 1.23. The highest BCUT2D eigenvalue weighted by Crippen LogP contribution is 2.24. The minimum Gasteiger partial charge on any atom is -0.489 e. The van der Waals surface area contributed by atoms with Gasteiger partial charge in [0.15, 0.2) is 0 Å². The quantitative estimate of drug-likeness (QED) is 0.315. The SMILES string of the molecule is CCOC(=O)CSc1nc2nccc(-c3ccc(OCc4ccccc4)cc3)n2n1. The van der Waals surface area contributed by atoms with Crippen LogP contribution in [0.25, 0.3) is 17.0 Å². The van der Waals surface area contributed by atoms with Crippen LogP contribution in [-0.4, -0.2) is 37.9 Å². The van der Waals surface area contributed by atoms with E-state index < -0.39 is 0 Å². The zero-order valence-corrected chi connectivity index (χ0v) is 17.2. The lowest BCUT2D eigenvalue weighted by molar-refractivity contribution is -0.139. The van der Waals surface area contributed by atoms with Gasteiger partial charge >= 0.3 is 5.97 Å². The second-order valence-electron chi connectivity index (χ2n) is 6.33. The Hall–Kier alpha value is -3.39. The van der Waals surface area contributed by atoms with Crippen LogP contribution in [0.1, 0.15) is 12.5 Å². The molecule has 0 radical (unpaired) electrons. The van der Waals surface area contributed by atoms with Crippen LogP contribution >= 0.6 is 11.8 Å². The van der Waals surface area contributed by atoms with Crippen LogP contribution in [0.5, 0.6) is 5.75 Å². The molecular formula is C22H20N4O3S. The molecule has 2 aromatic carbocycles. The molecule has 0 amide bonds. The van der Waals surface area contributed by atoms with Crippen molar-refractivity contribution in [2.45, 2.75) is 18.7 Å². The molecule has 0 aliphatic rings. The molecule has 2 heterocycles. The lowest BCUT2D eigenvalue weighted by Gasteiger charge is -2.08. The Kier molecular flexibility index (Phi) is 6.24. The van der Waals surface area contributed by atoms with E-state index >= 15 is 0 Å². The van der Waals surface area contributed by atoms with Crippen LogP contribution in [0.3, 0.4) is 0 Å². The zero-order valence-electron chi connectivity index (χ0n) is 16.4. The van der Waals surface area contributed by atoms with E-state index in [4.69, 9.17) is 9.47 Å². The standard InChI is InChI=1S/C22H20N4O3S/c1-2-28-20(27)15-30-22-24-21-23-13-12-19(26(21)25-22)17-8-10-18(11-9-17)29-14-16-6-4-3-5-7-16/h3-13H,2,14-15H2,1H3. The van der Waals surface area contributed by atoms with Gasteiger partial charge in [0.1, 0.15) is 12.4 Å². The van der Waals surface area contributed by atoms with Crippen LogP contribution in [0.15, 0.2) is 72.0 Å². The van der Waals surface area contributed by atoms with Crippen LogP contribution < -0.4 is 4.74 Å². The summed E-state index contributed by atoms with van der Waals surface area (Å²) in [4.78, 5) is 20.2. The minimum absolute atomic E-state index is 0.160. The summed E-state index contributed by atoms with van der Waals surface area (Å²) in [6, 6.07) is 19.7. The molecule has 0 unspecified atom stereocenters. The maximum absolute atomic E-state index is 11.6. The Morgan fingerprint density at radius 3 is 2.63 bits per heavy atom. The van der Waals surface area contributed by atoms with Crippen molar-refractivity contribution in [1.82, 2.24) is 19.6 Å². The molecule has 0 N–H and O–H groups in total. The Bertz CT molecular complexity index is 1130. The normalized spacial score (nSPS) is 10.8. The second-order valence-corrected chi connectivity index (χ2v) is 7.27. The molecular weight excluding hydrogens is 400 g/mol. The fraction of sp³-hybridized carbons (Fsp3) is 0.182. The summed E-state index contributed by atoms with van der Waals surface area (Å²) in [5.41, 5.74) is 2.93. The van der Waals surface area contributed by atoms with Gasteiger partial charge in [0.2, 0.25) is 5.16 Å². The lowest BCUT2D eigenvalue weighted by Crippen LogP contribution is -2.06. The number of hydrogen-bond acceptors (Lipinski definition) is 7. The molecule has 0 saturated carbocycles. The molecule has 7 nitrogen and oxygen atoms in total. The van der Waals surface area contributed by atoms with E-state index in [0.29, 0.717) is 24.1 Å². The van der Waals surface area contributed by atoms with Gasteiger partial charge in [-0.05, 0) is 42.8 Å². The van der Waals surface area contributed by atoms with E-state index in [1.54, 1.807) is 17.6 Å². The van der Waals surface area contributed by atoms with Crippen LogP contribution in [-0.2, 0) is 16.1 Å². The molecule has 152 valence electrons. The number of ether oxygens (including phenoxy) is 2. The van der Waals surface area contributed by atoms with Crippen molar-refractivity contribution < 1.29 is 14.3 Å². The smallest absolute Gasteiger partial charge is 0.316 e. The number of benzene rings is 2. The summed E-state index contributed by atoms with van der Waals surface area (Å²) in [7, 11) is 0. The van der Waals surface area contributed by atoms with Crippen molar-refractivity contribution >= 4 is 23.5 Å². The largest absolute Gasteiger partial charge is 0.489 e. The summed E-state index contributed by atoms with van der Waals surface area (Å²) in [6.45, 7) is 2.65. The first-order valence-electron chi connectivity index (χ1n) is 9.50. The van der Waals surface area contributed by atoms with E-state index in [1.165, 1.54) is 11.8 Å². The Morgan fingerprint density at radius 1 is 1.07 bits per heavy atom. The maximum Gasteiger partial charge on any atom is 0.316 e. The van der Waals surface area contributed by atoms with Crippen LogP contribution in [0.4, 0.5) is 0 Å². The van der Waals surface area contributed by atoms with Crippen molar-refractivity contribution in [3.05, 3.63) is 72.4 Å². The maximum atomic E-state index is 11.6. The third kappa shape index (κ3) is 4.77. The highest BCUT2D eigenvalue weighted by molar-refractivity contribution is 7.99. The summed E-state index contributed by atoms with van der Waals surface area (Å²) in [5, 5.41) is 4.96. The highest BCUT2D eigenvalue weighted by Gasteiger charge is 2.12. The average molecular weight is 420 g/mol. The first-order valence-corrected chi connectivity index (χ1v) is 10.5. The second kappa shape index (κ2) is 9.41. The van der Waals surface area contributed by atoms with Crippen LogP contribution in [0.2, 0.25) is 0 Å². The Morgan fingerprint density at radius 2 is 1.87 bits per heavy atom.